The van der Waals surface area contributed by atoms with Crippen molar-refractivity contribution >= 4 is 11.8 Å². The van der Waals surface area contributed by atoms with Crippen LogP contribution < -0.4 is 5.32 Å². The molecule has 1 fully saturated rings. The summed E-state index contributed by atoms with van der Waals surface area (Å²) in [6, 6.07) is 7.76. The number of aromatic nitrogens is 2. The lowest BCUT2D eigenvalue weighted by atomic mass is 10.0. The SMILES string of the molecule is Cc1ncc(C(=O)N(C)C)c(-c2ccc(CNC(=O)[C@H]3C[C@H]3C)cc2)n1. The molecule has 1 N–H and O–H groups in total. The smallest absolute Gasteiger partial charge is 0.257 e. The van der Waals surface area contributed by atoms with Crippen LogP contribution in [0, 0.1) is 18.8 Å². The van der Waals surface area contributed by atoms with Crippen LogP contribution in [0.4, 0.5) is 0 Å². The van der Waals surface area contributed by atoms with Gasteiger partial charge in [-0.2, -0.15) is 0 Å². The second-order valence-corrected chi connectivity index (χ2v) is 7.11. The van der Waals surface area contributed by atoms with E-state index in [1.54, 1.807) is 27.2 Å². The van der Waals surface area contributed by atoms with E-state index in [9.17, 15) is 9.59 Å². The number of benzene rings is 1. The Labute approximate surface area is 153 Å². The third-order valence-electron chi connectivity index (χ3n) is 4.69. The number of hydrogen-bond acceptors (Lipinski definition) is 4. The summed E-state index contributed by atoms with van der Waals surface area (Å²) in [4.78, 5) is 34.5. The van der Waals surface area contributed by atoms with E-state index in [2.05, 4.69) is 22.2 Å². The molecule has 2 aromatic rings. The number of nitrogens with one attached hydrogen (secondary N) is 1. The van der Waals surface area contributed by atoms with Crippen LogP contribution in [-0.4, -0.2) is 40.8 Å². The highest BCUT2D eigenvalue weighted by Crippen LogP contribution is 2.37. The van der Waals surface area contributed by atoms with Crippen molar-refractivity contribution in [1.82, 2.24) is 20.2 Å². The molecule has 0 radical (unpaired) electrons. The fraction of sp³-hybridized carbons (Fsp3) is 0.400. The van der Waals surface area contributed by atoms with Crippen LogP contribution >= 0.6 is 0 Å². The van der Waals surface area contributed by atoms with Crippen molar-refractivity contribution in [3.8, 4) is 11.3 Å². The van der Waals surface area contributed by atoms with Gasteiger partial charge in [0.25, 0.3) is 5.91 Å². The third kappa shape index (κ3) is 3.90. The van der Waals surface area contributed by atoms with Gasteiger partial charge in [0.05, 0.1) is 11.3 Å². The molecule has 136 valence electrons. The maximum absolute atomic E-state index is 12.4. The highest BCUT2D eigenvalue weighted by atomic mass is 16.2. The minimum absolute atomic E-state index is 0.130. The van der Waals surface area contributed by atoms with Crippen LogP contribution in [-0.2, 0) is 11.3 Å². The average Bonchev–Trinajstić information content (AvgIpc) is 3.36. The molecule has 1 aliphatic carbocycles. The van der Waals surface area contributed by atoms with Crippen molar-refractivity contribution in [2.24, 2.45) is 11.8 Å². The van der Waals surface area contributed by atoms with Gasteiger partial charge in [-0.05, 0) is 24.8 Å². The molecule has 0 aliphatic heterocycles. The van der Waals surface area contributed by atoms with Gasteiger partial charge >= 0.3 is 0 Å². The number of carbonyl (C=O) groups excluding carboxylic acids is 2. The normalized spacial score (nSPS) is 18.3. The minimum Gasteiger partial charge on any atom is -0.352 e. The molecule has 1 heterocycles. The second kappa shape index (κ2) is 7.23. The van der Waals surface area contributed by atoms with Crippen LogP contribution in [0.3, 0.4) is 0 Å². The zero-order valence-corrected chi connectivity index (χ0v) is 15.6. The lowest BCUT2D eigenvalue weighted by Gasteiger charge is -2.14. The Morgan fingerprint density at radius 2 is 1.88 bits per heavy atom. The van der Waals surface area contributed by atoms with Gasteiger partial charge in [-0.25, -0.2) is 9.97 Å². The number of hydrogen-bond donors (Lipinski definition) is 1. The first-order valence-electron chi connectivity index (χ1n) is 8.79. The van der Waals surface area contributed by atoms with E-state index < -0.39 is 0 Å². The maximum Gasteiger partial charge on any atom is 0.257 e. The summed E-state index contributed by atoms with van der Waals surface area (Å²) in [7, 11) is 3.41. The summed E-state index contributed by atoms with van der Waals surface area (Å²) < 4.78 is 0. The maximum atomic E-state index is 12.4. The summed E-state index contributed by atoms with van der Waals surface area (Å²) in [5.41, 5.74) is 2.97. The van der Waals surface area contributed by atoms with Crippen molar-refractivity contribution in [2.45, 2.75) is 26.8 Å². The standard InChI is InChI=1S/C20H24N4O2/c1-12-9-16(12)19(25)22-10-14-5-7-15(8-6-14)18-17(20(26)24(3)4)11-21-13(2)23-18/h5-8,11-12,16H,9-10H2,1-4H3,(H,22,25)/t12-,16+/m1/s1. The van der Waals surface area contributed by atoms with Crippen LogP contribution in [0.15, 0.2) is 30.5 Å². The van der Waals surface area contributed by atoms with E-state index in [1.807, 2.05) is 24.3 Å². The van der Waals surface area contributed by atoms with Gasteiger partial charge < -0.3 is 10.2 Å². The average molecular weight is 352 g/mol. The Balaban J connectivity index is 1.77. The number of rotatable bonds is 5. The molecular weight excluding hydrogens is 328 g/mol. The molecule has 1 saturated carbocycles. The van der Waals surface area contributed by atoms with E-state index in [0.717, 1.165) is 17.5 Å². The van der Waals surface area contributed by atoms with Gasteiger partial charge in [-0.15, -0.1) is 0 Å². The summed E-state index contributed by atoms with van der Waals surface area (Å²) >= 11 is 0. The highest BCUT2D eigenvalue weighted by Gasteiger charge is 2.38. The summed E-state index contributed by atoms with van der Waals surface area (Å²) in [6.07, 6.45) is 2.56. The van der Waals surface area contributed by atoms with Gasteiger partial charge in [-0.3, -0.25) is 9.59 Å². The van der Waals surface area contributed by atoms with E-state index in [-0.39, 0.29) is 17.7 Å². The number of carbonyl (C=O) groups is 2. The molecule has 0 bridgehead atoms. The molecule has 6 heteroatoms. The van der Waals surface area contributed by atoms with E-state index in [4.69, 9.17) is 0 Å². The largest absolute Gasteiger partial charge is 0.352 e. The number of nitrogens with zero attached hydrogens (tertiary/aromatic N) is 3. The third-order valence-corrected chi connectivity index (χ3v) is 4.69. The molecule has 0 saturated heterocycles. The first kappa shape index (κ1) is 18.0. The van der Waals surface area contributed by atoms with Gasteiger partial charge in [0.15, 0.2) is 0 Å². The lowest BCUT2D eigenvalue weighted by molar-refractivity contribution is -0.122. The fourth-order valence-corrected chi connectivity index (χ4v) is 2.88. The van der Waals surface area contributed by atoms with Crippen molar-refractivity contribution in [3.63, 3.8) is 0 Å². The van der Waals surface area contributed by atoms with Crippen molar-refractivity contribution in [2.75, 3.05) is 14.1 Å². The quantitative estimate of drug-likeness (QED) is 0.897. The van der Waals surface area contributed by atoms with Crippen molar-refractivity contribution in [1.29, 1.82) is 0 Å². The molecule has 1 aliphatic rings. The Bertz CT molecular complexity index is 830. The lowest BCUT2D eigenvalue weighted by Crippen LogP contribution is -2.24. The Kier molecular flexibility index (Phi) is 5.02. The topological polar surface area (TPSA) is 75.2 Å². The zero-order chi connectivity index (χ0) is 18.8. The first-order chi connectivity index (χ1) is 12.4. The highest BCUT2D eigenvalue weighted by molar-refractivity contribution is 5.99. The van der Waals surface area contributed by atoms with Gasteiger partial charge in [0.1, 0.15) is 5.82 Å². The molecular formula is C20H24N4O2. The predicted molar refractivity (Wildman–Crippen MR) is 99.3 cm³/mol. The molecule has 1 aromatic carbocycles. The van der Waals surface area contributed by atoms with E-state index >= 15 is 0 Å². The molecule has 0 unspecified atom stereocenters. The predicted octanol–water partition coefficient (Wildman–Crippen LogP) is 2.43. The summed E-state index contributed by atoms with van der Waals surface area (Å²) in [5, 5.41) is 2.98. The molecule has 1 aromatic heterocycles. The molecule has 26 heavy (non-hydrogen) atoms. The van der Waals surface area contributed by atoms with Crippen LogP contribution in [0.1, 0.15) is 35.1 Å². The minimum atomic E-state index is -0.130. The van der Waals surface area contributed by atoms with E-state index in [1.165, 1.54) is 4.90 Å². The van der Waals surface area contributed by atoms with Crippen LogP contribution in [0.5, 0.6) is 0 Å². The van der Waals surface area contributed by atoms with Gasteiger partial charge in [0.2, 0.25) is 5.91 Å². The monoisotopic (exact) mass is 352 g/mol. The Morgan fingerprint density at radius 1 is 1.23 bits per heavy atom. The second-order valence-electron chi connectivity index (χ2n) is 7.11. The molecule has 6 nitrogen and oxygen atoms in total. The Hall–Kier alpha value is -2.76. The van der Waals surface area contributed by atoms with Gasteiger partial charge in [0, 0.05) is 38.3 Å². The van der Waals surface area contributed by atoms with Crippen LogP contribution in [0.2, 0.25) is 0 Å². The van der Waals surface area contributed by atoms with Crippen molar-refractivity contribution < 1.29 is 9.59 Å². The zero-order valence-electron chi connectivity index (χ0n) is 15.6. The molecule has 3 rings (SSSR count). The summed E-state index contributed by atoms with van der Waals surface area (Å²) in [5.74, 6) is 1.30. The molecule has 0 spiro atoms. The van der Waals surface area contributed by atoms with E-state index in [0.29, 0.717) is 29.5 Å². The van der Waals surface area contributed by atoms with Crippen LogP contribution in [0.25, 0.3) is 11.3 Å². The fourth-order valence-electron chi connectivity index (χ4n) is 2.88. The number of amides is 2. The number of aryl methyl sites for hydroxylation is 1. The van der Waals surface area contributed by atoms with Crippen molar-refractivity contribution in [3.05, 3.63) is 47.4 Å². The van der Waals surface area contributed by atoms with Gasteiger partial charge in [-0.1, -0.05) is 31.2 Å². The molecule has 2 atom stereocenters. The Morgan fingerprint density at radius 3 is 2.46 bits per heavy atom. The molecule has 2 amide bonds. The first-order valence-corrected chi connectivity index (χ1v) is 8.79. The summed E-state index contributed by atoms with van der Waals surface area (Å²) in [6.45, 7) is 4.40.